The highest BCUT2D eigenvalue weighted by atomic mass is 35.5. The first-order valence-corrected chi connectivity index (χ1v) is 28.0. The van der Waals surface area contributed by atoms with Crippen molar-refractivity contribution in [3.8, 4) is 0 Å². The lowest BCUT2D eigenvalue weighted by molar-refractivity contribution is -0.192. The lowest BCUT2D eigenvalue weighted by Gasteiger charge is -2.34. The molecule has 0 aliphatic carbocycles. The van der Waals surface area contributed by atoms with Crippen LogP contribution in [0.25, 0.3) is 0 Å². The Morgan fingerprint density at radius 1 is 0.724 bits per heavy atom. The van der Waals surface area contributed by atoms with E-state index in [9.17, 15) is 49.2 Å². The zero-order valence-corrected chi connectivity index (χ0v) is 45.4. The molecule has 8 rings (SSSR count). The van der Waals surface area contributed by atoms with E-state index in [1.807, 2.05) is 0 Å². The Kier molecular flexibility index (Phi) is 22.7. The molecule has 0 aromatic heterocycles. The van der Waals surface area contributed by atoms with Gasteiger partial charge in [-0.05, 0) is 94.3 Å². The summed E-state index contributed by atoms with van der Waals surface area (Å²) in [5, 5.41) is 17.1. The largest absolute Gasteiger partial charge is 0.490 e. The van der Waals surface area contributed by atoms with Crippen LogP contribution >= 0.6 is 34.8 Å². The highest BCUT2D eigenvalue weighted by molar-refractivity contribution is 7.89. The number of hydrogen-bond donors (Lipinski definition) is 4. The molecule has 2 spiro atoms. The zero-order chi connectivity index (χ0) is 55.9. The third-order valence-corrected chi connectivity index (χ3v) is 17.3. The van der Waals surface area contributed by atoms with Crippen LogP contribution in [0.15, 0.2) is 68.3 Å². The lowest BCUT2D eigenvalue weighted by Crippen LogP contribution is -2.50. The van der Waals surface area contributed by atoms with Crippen LogP contribution < -0.4 is 16.0 Å². The summed E-state index contributed by atoms with van der Waals surface area (Å²) in [7, 11) is -4.27. The van der Waals surface area contributed by atoms with E-state index in [1.54, 1.807) is 42.3 Å². The number of hydrogen-bond acceptors (Lipinski definition) is 16. The molecule has 6 aliphatic rings. The fourth-order valence-corrected chi connectivity index (χ4v) is 12.4. The molecule has 30 heteroatoms. The Morgan fingerprint density at radius 3 is 1.58 bits per heavy atom. The van der Waals surface area contributed by atoms with Gasteiger partial charge in [-0.25, -0.2) is 31.2 Å². The second-order valence-corrected chi connectivity index (χ2v) is 23.1. The van der Waals surface area contributed by atoms with E-state index in [0.717, 1.165) is 44.6 Å². The van der Waals surface area contributed by atoms with Crippen LogP contribution in [0, 0.1) is 11.8 Å². The molecule has 2 aromatic carbocycles. The SMILES string of the molecule is COCCOC(=O)Cl.COCCOC(=O)N1CCCC(C2=NC3(CCN(S(=O)(=O)c4cccc(Cl)c4)CC3)C(=O)N2)C1.O=C(O)C(F)(F)F.O=C1NC(C2CCCNC2)=NC12CCN(S(=O)(=O)c1cccc(Cl)c1)CC2. The first-order valence-electron chi connectivity index (χ1n) is 23.9. The molecule has 4 N–H and O–H groups in total. The molecule has 6 aliphatic heterocycles. The maximum absolute atomic E-state index is 13.0. The third kappa shape index (κ3) is 16.7. The van der Waals surface area contributed by atoms with Gasteiger partial charge in [0.15, 0.2) is 0 Å². The van der Waals surface area contributed by atoms with Gasteiger partial charge in [0.2, 0.25) is 20.0 Å². The Bertz CT molecular complexity index is 2670. The van der Waals surface area contributed by atoms with Gasteiger partial charge in [-0.1, -0.05) is 35.3 Å². The van der Waals surface area contributed by atoms with Crippen LogP contribution in [-0.4, -0.2) is 187 Å². The molecular weight excluding hydrogens is 1120 g/mol. The normalized spacial score (nSPS) is 21.5. The summed E-state index contributed by atoms with van der Waals surface area (Å²) >= 11 is 16.7. The van der Waals surface area contributed by atoms with E-state index >= 15 is 0 Å². The van der Waals surface area contributed by atoms with Crippen molar-refractivity contribution in [1.82, 2.24) is 29.5 Å². The Labute approximate surface area is 453 Å². The number of carboxylic acids is 1. The second-order valence-electron chi connectivity index (χ2n) is 18.0. The minimum atomic E-state index is -5.08. The number of amides is 3. The number of ether oxygens (including phenoxy) is 4. The van der Waals surface area contributed by atoms with Gasteiger partial charge >= 0.3 is 23.7 Å². The van der Waals surface area contributed by atoms with Crippen molar-refractivity contribution in [3.63, 3.8) is 0 Å². The van der Waals surface area contributed by atoms with Crippen LogP contribution in [0.4, 0.5) is 22.8 Å². The standard InChI is InChI=1S/C22H29ClN4O6S.C18H23ClN4O3S.C4H7ClO3.C2HF3O2/c1-32-12-13-33-21(29)26-9-3-4-16(15-26)19-24-20(28)22(25-19)7-10-27(11-8-22)34(30,31)18-6-2-5-17(23)14-18;19-14-4-1-5-15(11-14)27(25,26)23-9-6-18(7-10-23)17(24)21-16(22-18)13-3-2-8-20-12-13;1-7-2-3-8-4(5)6;3-2(4,5)1(6)7/h2,5-6,14,16H,3-4,7-13,15H2,1H3,(H,24,25,28);1,4-5,11,13,20H,2-3,6-10,12H2,(H,21,22,24);2-3H2,1H3;(H,6,7). The number of aliphatic carboxylic acids is 1. The number of nitrogens with zero attached hydrogens (tertiary/aromatic N) is 5. The number of amidine groups is 2. The molecular formula is C46H60Cl3F3N8O14S2. The van der Waals surface area contributed by atoms with Gasteiger partial charge in [0.1, 0.15) is 36.0 Å². The number of sulfonamides is 2. The van der Waals surface area contributed by atoms with E-state index < -0.39 is 54.8 Å². The number of piperidine rings is 4. The molecule has 3 amide bonds. The van der Waals surface area contributed by atoms with Crippen molar-refractivity contribution in [2.45, 2.75) is 78.4 Å². The van der Waals surface area contributed by atoms with Gasteiger partial charge < -0.3 is 44.9 Å². The summed E-state index contributed by atoms with van der Waals surface area (Å²) in [5.74, 6) is -1.59. The number of alkyl halides is 3. The number of aliphatic imine (C=N–C) groups is 2. The van der Waals surface area contributed by atoms with Crippen molar-refractivity contribution in [2.24, 2.45) is 21.8 Å². The number of carbonyl (C=O) groups excluding carboxylic acids is 4. The van der Waals surface area contributed by atoms with E-state index in [1.165, 1.54) is 33.9 Å². The van der Waals surface area contributed by atoms with Crippen molar-refractivity contribution in [1.29, 1.82) is 0 Å². The summed E-state index contributed by atoms with van der Waals surface area (Å²) < 4.78 is 105. The summed E-state index contributed by atoms with van der Waals surface area (Å²) in [6.45, 7) is 4.85. The average Bonchev–Trinajstić information content (AvgIpc) is 3.88. The molecule has 2 atom stereocenters. The molecule has 422 valence electrons. The Hall–Kier alpha value is -4.71. The number of halogens is 6. The highest BCUT2D eigenvalue weighted by Gasteiger charge is 2.50. The number of rotatable bonds is 12. The number of carboxylic acid groups (broad SMARTS) is 1. The highest BCUT2D eigenvalue weighted by Crippen LogP contribution is 2.36. The molecule has 0 bridgehead atoms. The fourth-order valence-electron chi connectivity index (χ4n) is 8.85. The van der Waals surface area contributed by atoms with E-state index in [0.29, 0.717) is 55.0 Å². The van der Waals surface area contributed by atoms with Crippen molar-refractivity contribution < 1.29 is 78.0 Å². The molecule has 6 heterocycles. The van der Waals surface area contributed by atoms with E-state index in [-0.39, 0.29) is 85.7 Å². The van der Waals surface area contributed by atoms with Crippen LogP contribution in [-0.2, 0) is 53.4 Å². The van der Waals surface area contributed by atoms with Gasteiger partial charge in [-0.2, -0.15) is 21.8 Å². The number of likely N-dealkylation sites (tertiary alicyclic amines) is 1. The topological polar surface area (TPSA) is 281 Å². The number of nitrogens with one attached hydrogen (secondary N) is 3. The summed E-state index contributed by atoms with van der Waals surface area (Å²) in [4.78, 5) is 68.1. The smallest absolute Gasteiger partial charge is 0.475 e. The minimum Gasteiger partial charge on any atom is -0.475 e. The molecule has 4 saturated heterocycles. The summed E-state index contributed by atoms with van der Waals surface area (Å²) in [6, 6.07) is 12.4. The predicted octanol–water partition coefficient (Wildman–Crippen LogP) is 4.92. The molecule has 2 unspecified atom stereocenters. The Morgan fingerprint density at radius 2 is 1.17 bits per heavy atom. The molecule has 22 nitrogen and oxygen atoms in total. The quantitative estimate of drug-likeness (QED) is 0.162. The maximum Gasteiger partial charge on any atom is 0.490 e. The first-order chi connectivity index (χ1) is 35.9. The van der Waals surface area contributed by atoms with Crippen molar-refractivity contribution in [2.75, 3.05) is 93.0 Å². The molecule has 76 heavy (non-hydrogen) atoms. The fraction of sp³-hybridized carbons (Fsp3) is 0.587. The first kappa shape index (κ1) is 62.1. The Balaban J connectivity index is 0.000000224. The molecule has 2 aromatic rings. The van der Waals surface area contributed by atoms with Crippen LogP contribution in [0.3, 0.4) is 0 Å². The molecule has 0 radical (unpaired) electrons. The number of benzene rings is 2. The molecule has 4 fully saturated rings. The summed E-state index contributed by atoms with van der Waals surface area (Å²) in [6.07, 6.45) is -0.472. The van der Waals surface area contributed by atoms with Crippen LogP contribution in [0.2, 0.25) is 10.0 Å². The van der Waals surface area contributed by atoms with Gasteiger partial charge in [0, 0.05) is 93.5 Å². The molecule has 0 saturated carbocycles. The van der Waals surface area contributed by atoms with Crippen LogP contribution in [0.5, 0.6) is 0 Å². The van der Waals surface area contributed by atoms with Gasteiger partial charge in [0.05, 0.1) is 23.0 Å². The maximum atomic E-state index is 13.0. The second kappa shape index (κ2) is 27.7. The van der Waals surface area contributed by atoms with Gasteiger partial charge in [-0.15, -0.1) is 0 Å². The van der Waals surface area contributed by atoms with Crippen molar-refractivity contribution in [3.05, 3.63) is 58.6 Å². The lowest BCUT2D eigenvalue weighted by atomic mass is 9.89. The average molecular weight is 1180 g/mol. The predicted molar refractivity (Wildman–Crippen MR) is 271 cm³/mol. The number of methoxy groups -OCH3 is 2. The van der Waals surface area contributed by atoms with Crippen molar-refractivity contribution >= 4 is 95.8 Å². The van der Waals surface area contributed by atoms with Gasteiger partial charge in [-0.3, -0.25) is 19.6 Å². The third-order valence-electron chi connectivity index (χ3n) is 13.0. The van der Waals surface area contributed by atoms with Gasteiger partial charge in [0.25, 0.3) is 11.8 Å². The van der Waals surface area contributed by atoms with E-state index in [2.05, 4.69) is 25.4 Å². The van der Waals surface area contributed by atoms with Crippen LogP contribution in [0.1, 0.15) is 51.4 Å². The minimum absolute atomic E-state index is 0.0946. The zero-order valence-electron chi connectivity index (χ0n) is 41.5. The number of carbonyl (C=O) groups is 5. The summed E-state index contributed by atoms with van der Waals surface area (Å²) in [5.41, 5.74) is -2.59. The van der Waals surface area contributed by atoms with E-state index in [4.69, 9.17) is 64.2 Å². The monoisotopic (exact) mass is 1170 g/mol.